The standard InChI is InChI=1S/C14H11ClFNO2/c15-11-2-1-3-12(7-11)17-8-10-5-4-9(14(18)19)6-13(10)16/h1-7,17H,8H2,(H,18,19). The second-order valence-corrected chi connectivity index (χ2v) is 4.41. The summed E-state index contributed by atoms with van der Waals surface area (Å²) in [5.41, 5.74) is 1.10. The Bertz CT molecular complexity index is 616. The van der Waals surface area contributed by atoms with Crippen molar-refractivity contribution in [3.63, 3.8) is 0 Å². The van der Waals surface area contributed by atoms with Crippen LogP contribution in [0.15, 0.2) is 42.5 Å². The van der Waals surface area contributed by atoms with E-state index >= 15 is 0 Å². The van der Waals surface area contributed by atoms with Gasteiger partial charge >= 0.3 is 5.97 Å². The Morgan fingerprint density at radius 2 is 2.05 bits per heavy atom. The summed E-state index contributed by atoms with van der Waals surface area (Å²) in [5.74, 6) is -1.69. The molecule has 0 unspecified atom stereocenters. The predicted octanol–water partition coefficient (Wildman–Crippen LogP) is 3.79. The third kappa shape index (κ3) is 3.45. The van der Waals surface area contributed by atoms with Crippen LogP contribution < -0.4 is 5.32 Å². The number of anilines is 1. The molecule has 2 aromatic rings. The number of carboxylic acid groups (broad SMARTS) is 1. The molecule has 2 aromatic carbocycles. The zero-order valence-corrected chi connectivity index (χ0v) is 10.6. The van der Waals surface area contributed by atoms with E-state index in [-0.39, 0.29) is 12.1 Å². The molecule has 2 rings (SSSR count). The van der Waals surface area contributed by atoms with Crippen LogP contribution in [0, 0.1) is 5.82 Å². The van der Waals surface area contributed by atoms with Crippen molar-refractivity contribution in [3.05, 3.63) is 64.4 Å². The summed E-state index contributed by atoms with van der Waals surface area (Å²) in [4.78, 5) is 10.7. The van der Waals surface area contributed by atoms with E-state index in [0.29, 0.717) is 10.6 Å². The van der Waals surface area contributed by atoms with Crippen LogP contribution in [0.3, 0.4) is 0 Å². The van der Waals surface area contributed by atoms with Gasteiger partial charge in [0.15, 0.2) is 0 Å². The van der Waals surface area contributed by atoms with Crippen LogP contribution in [-0.4, -0.2) is 11.1 Å². The summed E-state index contributed by atoms with van der Waals surface area (Å²) >= 11 is 5.83. The van der Waals surface area contributed by atoms with Crippen molar-refractivity contribution in [2.75, 3.05) is 5.32 Å². The average molecular weight is 280 g/mol. The highest BCUT2D eigenvalue weighted by molar-refractivity contribution is 6.30. The molecule has 98 valence electrons. The van der Waals surface area contributed by atoms with E-state index in [0.717, 1.165) is 11.8 Å². The molecule has 0 saturated carbocycles. The average Bonchev–Trinajstić information content (AvgIpc) is 2.37. The molecule has 0 heterocycles. The number of hydrogen-bond acceptors (Lipinski definition) is 2. The smallest absolute Gasteiger partial charge is 0.335 e. The Labute approximate surface area is 114 Å². The molecule has 3 nitrogen and oxygen atoms in total. The summed E-state index contributed by atoms with van der Waals surface area (Å²) < 4.78 is 13.7. The predicted molar refractivity (Wildman–Crippen MR) is 72.1 cm³/mol. The Hall–Kier alpha value is -2.07. The van der Waals surface area contributed by atoms with Gasteiger partial charge in [-0.1, -0.05) is 23.7 Å². The number of benzene rings is 2. The van der Waals surface area contributed by atoms with E-state index in [1.807, 2.05) is 6.07 Å². The number of aromatic carboxylic acids is 1. The Morgan fingerprint density at radius 1 is 1.26 bits per heavy atom. The highest BCUT2D eigenvalue weighted by Gasteiger charge is 2.08. The molecule has 0 bridgehead atoms. The molecule has 19 heavy (non-hydrogen) atoms. The highest BCUT2D eigenvalue weighted by Crippen LogP contribution is 2.17. The zero-order chi connectivity index (χ0) is 13.8. The molecule has 0 aromatic heterocycles. The van der Waals surface area contributed by atoms with Crippen LogP contribution in [0.1, 0.15) is 15.9 Å². The first kappa shape index (κ1) is 13.4. The van der Waals surface area contributed by atoms with E-state index in [1.54, 1.807) is 18.2 Å². The molecule has 0 spiro atoms. The number of carboxylic acids is 1. The molecule has 0 saturated heterocycles. The molecule has 0 fully saturated rings. The second kappa shape index (κ2) is 5.71. The van der Waals surface area contributed by atoms with Crippen molar-refractivity contribution >= 4 is 23.3 Å². The maximum absolute atomic E-state index is 13.7. The van der Waals surface area contributed by atoms with Gasteiger partial charge in [0.2, 0.25) is 0 Å². The Kier molecular flexibility index (Phi) is 4.02. The van der Waals surface area contributed by atoms with Gasteiger partial charge in [-0.2, -0.15) is 0 Å². The molecule has 0 radical (unpaired) electrons. The first-order valence-electron chi connectivity index (χ1n) is 5.57. The molecule has 0 aliphatic heterocycles. The van der Waals surface area contributed by atoms with Gasteiger partial charge in [0.1, 0.15) is 5.82 Å². The largest absolute Gasteiger partial charge is 0.478 e. The fraction of sp³-hybridized carbons (Fsp3) is 0.0714. The lowest BCUT2D eigenvalue weighted by atomic mass is 10.1. The van der Waals surface area contributed by atoms with Crippen LogP contribution in [-0.2, 0) is 6.54 Å². The van der Waals surface area contributed by atoms with E-state index in [9.17, 15) is 9.18 Å². The second-order valence-electron chi connectivity index (χ2n) is 3.98. The van der Waals surface area contributed by atoms with Gasteiger partial charge < -0.3 is 10.4 Å². The van der Waals surface area contributed by atoms with Crippen molar-refractivity contribution in [3.8, 4) is 0 Å². The third-order valence-corrected chi connectivity index (χ3v) is 2.84. The van der Waals surface area contributed by atoms with Crippen LogP contribution >= 0.6 is 11.6 Å². The molecule has 0 atom stereocenters. The number of rotatable bonds is 4. The summed E-state index contributed by atoms with van der Waals surface area (Å²) in [6.07, 6.45) is 0. The number of hydrogen-bond donors (Lipinski definition) is 2. The summed E-state index contributed by atoms with van der Waals surface area (Å²) in [5, 5.41) is 12.4. The van der Waals surface area contributed by atoms with Crippen molar-refractivity contribution < 1.29 is 14.3 Å². The lowest BCUT2D eigenvalue weighted by Crippen LogP contribution is -2.04. The van der Waals surface area contributed by atoms with Gasteiger partial charge in [0.05, 0.1) is 5.56 Å². The minimum absolute atomic E-state index is 0.0657. The summed E-state index contributed by atoms with van der Waals surface area (Å²) in [6.45, 7) is 0.256. The lowest BCUT2D eigenvalue weighted by molar-refractivity contribution is 0.0696. The quantitative estimate of drug-likeness (QED) is 0.895. The van der Waals surface area contributed by atoms with Gasteiger partial charge in [-0.3, -0.25) is 0 Å². The van der Waals surface area contributed by atoms with Crippen molar-refractivity contribution in [1.82, 2.24) is 0 Å². The van der Waals surface area contributed by atoms with E-state index < -0.39 is 11.8 Å². The van der Waals surface area contributed by atoms with E-state index in [4.69, 9.17) is 16.7 Å². The zero-order valence-electron chi connectivity index (χ0n) is 9.86. The molecule has 2 N–H and O–H groups in total. The number of halogens is 2. The summed E-state index contributed by atoms with van der Waals surface area (Å²) in [6, 6.07) is 10.9. The fourth-order valence-electron chi connectivity index (χ4n) is 1.62. The minimum Gasteiger partial charge on any atom is -0.478 e. The summed E-state index contributed by atoms with van der Waals surface area (Å²) in [7, 11) is 0. The number of nitrogens with one attached hydrogen (secondary N) is 1. The van der Waals surface area contributed by atoms with Crippen molar-refractivity contribution in [2.45, 2.75) is 6.54 Å². The third-order valence-electron chi connectivity index (χ3n) is 2.61. The molecule has 5 heteroatoms. The van der Waals surface area contributed by atoms with Crippen molar-refractivity contribution in [2.24, 2.45) is 0 Å². The van der Waals surface area contributed by atoms with Gasteiger partial charge in [-0.05, 0) is 30.3 Å². The maximum Gasteiger partial charge on any atom is 0.335 e. The monoisotopic (exact) mass is 279 g/mol. The molecule has 0 aliphatic rings. The van der Waals surface area contributed by atoms with Crippen molar-refractivity contribution in [1.29, 1.82) is 0 Å². The lowest BCUT2D eigenvalue weighted by Gasteiger charge is -2.08. The topological polar surface area (TPSA) is 49.3 Å². The van der Waals surface area contributed by atoms with Crippen LogP contribution in [0.2, 0.25) is 5.02 Å². The molecule has 0 aliphatic carbocycles. The number of carbonyl (C=O) groups is 1. The SMILES string of the molecule is O=C(O)c1ccc(CNc2cccc(Cl)c2)c(F)c1. The van der Waals surface area contributed by atoms with Crippen LogP contribution in [0.4, 0.5) is 10.1 Å². The Balaban J connectivity index is 2.10. The molecule has 0 amide bonds. The highest BCUT2D eigenvalue weighted by atomic mass is 35.5. The maximum atomic E-state index is 13.7. The van der Waals surface area contributed by atoms with Gasteiger partial charge in [-0.15, -0.1) is 0 Å². The van der Waals surface area contributed by atoms with Crippen LogP contribution in [0.25, 0.3) is 0 Å². The van der Waals surface area contributed by atoms with Crippen LogP contribution in [0.5, 0.6) is 0 Å². The van der Waals surface area contributed by atoms with Gasteiger partial charge in [0.25, 0.3) is 0 Å². The Morgan fingerprint density at radius 3 is 2.68 bits per heavy atom. The van der Waals surface area contributed by atoms with E-state index in [2.05, 4.69) is 5.32 Å². The van der Waals surface area contributed by atoms with E-state index in [1.165, 1.54) is 12.1 Å². The molecular formula is C14H11ClFNO2. The first-order valence-corrected chi connectivity index (χ1v) is 5.95. The minimum atomic E-state index is -1.15. The fourth-order valence-corrected chi connectivity index (χ4v) is 1.81. The molecular weight excluding hydrogens is 269 g/mol. The van der Waals surface area contributed by atoms with Gasteiger partial charge in [0, 0.05) is 22.8 Å². The van der Waals surface area contributed by atoms with Gasteiger partial charge in [-0.25, -0.2) is 9.18 Å². The first-order chi connectivity index (χ1) is 9.06. The normalized spacial score (nSPS) is 10.2.